The van der Waals surface area contributed by atoms with Crippen molar-refractivity contribution in [1.29, 1.82) is 0 Å². The van der Waals surface area contributed by atoms with Crippen LogP contribution in [-0.4, -0.2) is 0 Å². The Labute approximate surface area is 159 Å². The molecule has 0 radical (unpaired) electrons. The first-order valence-electron chi connectivity index (χ1n) is 9.99. The molecular formula is C26H32. The Morgan fingerprint density at radius 3 is 2.62 bits per heavy atom. The first kappa shape index (κ1) is 18.7. The molecule has 2 aliphatic carbocycles. The smallest absolute Gasteiger partial charge is 0.00610 e. The molecule has 0 heterocycles. The van der Waals surface area contributed by atoms with E-state index in [0.717, 1.165) is 19.3 Å². The van der Waals surface area contributed by atoms with E-state index >= 15 is 0 Å². The summed E-state index contributed by atoms with van der Waals surface area (Å²) in [6, 6.07) is 8.88. The van der Waals surface area contributed by atoms with Gasteiger partial charge in [0.2, 0.25) is 0 Å². The van der Waals surface area contributed by atoms with Crippen molar-refractivity contribution in [3.8, 4) is 0 Å². The van der Waals surface area contributed by atoms with Crippen LogP contribution >= 0.6 is 0 Å². The van der Waals surface area contributed by atoms with Gasteiger partial charge in [0.05, 0.1) is 0 Å². The molecule has 0 aliphatic heterocycles. The highest BCUT2D eigenvalue weighted by atomic mass is 14.2. The van der Waals surface area contributed by atoms with Gasteiger partial charge < -0.3 is 0 Å². The standard InChI is InChI=1S/C26H32/c1-18(2)23-12-13-25(17-23)26-9-7-6-8-24(26)16-21(5)20(4)15-22-11-10-19(3)14-22/h6-12,14,17-20H,5,13,15-16H2,1-4H3. The zero-order valence-corrected chi connectivity index (χ0v) is 16.8. The van der Waals surface area contributed by atoms with Crippen LogP contribution in [0.2, 0.25) is 0 Å². The number of hydrogen-bond acceptors (Lipinski definition) is 0. The van der Waals surface area contributed by atoms with E-state index < -0.39 is 0 Å². The lowest BCUT2D eigenvalue weighted by molar-refractivity contribution is 0.663. The van der Waals surface area contributed by atoms with Crippen LogP contribution in [0.3, 0.4) is 0 Å². The Hall–Kier alpha value is -2.08. The Morgan fingerprint density at radius 1 is 1.19 bits per heavy atom. The van der Waals surface area contributed by atoms with Crippen LogP contribution in [0.15, 0.2) is 77.9 Å². The molecule has 0 amide bonds. The van der Waals surface area contributed by atoms with E-state index in [0.29, 0.717) is 17.8 Å². The minimum absolute atomic E-state index is 0.506. The zero-order chi connectivity index (χ0) is 18.7. The average Bonchev–Trinajstić information content (AvgIpc) is 3.24. The highest BCUT2D eigenvalue weighted by Crippen LogP contribution is 2.34. The molecule has 26 heavy (non-hydrogen) atoms. The molecule has 1 aromatic carbocycles. The van der Waals surface area contributed by atoms with Gasteiger partial charge in [0.1, 0.15) is 0 Å². The average molecular weight is 345 g/mol. The van der Waals surface area contributed by atoms with Crippen LogP contribution in [0.5, 0.6) is 0 Å². The molecule has 136 valence electrons. The summed E-state index contributed by atoms with van der Waals surface area (Å²) in [7, 11) is 0. The maximum atomic E-state index is 4.44. The summed E-state index contributed by atoms with van der Waals surface area (Å²) in [4.78, 5) is 0. The molecule has 1 aromatic rings. The summed E-state index contributed by atoms with van der Waals surface area (Å²) < 4.78 is 0. The van der Waals surface area contributed by atoms with Crippen LogP contribution in [-0.2, 0) is 6.42 Å². The summed E-state index contributed by atoms with van der Waals surface area (Å²) in [6.45, 7) is 13.5. The van der Waals surface area contributed by atoms with E-state index in [-0.39, 0.29) is 0 Å². The molecule has 2 aliphatic rings. The molecule has 0 spiro atoms. The van der Waals surface area contributed by atoms with Crippen molar-refractivity contribution in [3.05, 3.63) is 89.1 Å². The molecule has 2 unspecified atom stereocenters. The monoisotopic (exact) mass is 344 g/mol. The lowest BCUT2D eigenvalue weighted by Gasteiger charge is -2.17. The fourth-order valence-corrected chi connectivity index (χ4v) is 3.90. The third-order valence-electron chi connectivity index (χ3n) is 5.68. The van der Waals surface area contributed by atoms with Crippen LogP contribution in [0.1, 0.15) is 51.7 Å². The van der Waals surface area contributed by atoms with Gasteiger partial charge in [-0.3, -0.25) is 0 Å². The van der Waals surface area contributed by atoms with Gasteiger partial charge in [0, 0.05) is 0 Å². The van der Waals surface area contributed by atoms with Gasteiger partial charge in [-0.1, -0.05) is 100 Å². The molecule has 0 heteroatoms. The lowest BCUT2D eigenvalue weighted by atomic mass is 9.87. The van der Waals surface area contributed by atoms with Gasteiger partial charge in [-0.05, 0) is 59.3 Å². The number of hydrogen-bond donors (Lipinski definition) is 0. The molecule has 0 saturated carbocycles. The third-order valence-corrected chi connectivity index (χ3v) is 5.68. The molecule has 0 aromatic heterocycles. The van der Waals surface area contributed by atoms with Gasteiger partial charge >= 0.3 is 0 Å². The molecular weight excluding hydrogens is 312 g/mol. The second-order valence-electron chi connectivity index (χ2n) is 8.29. The number of allylic oxidation sites excluding steroid dienone is 9. The predicted octanol–water partition coefficient (Wildman–Crippen LogP) is 7.31. The van der Waals surface area contributed by atoms with Crippen molar-refractivity contribution >= 4 is 5.57 Å². The summed E-state index contributed by atoms with van der Waals surface area (Å²) in [6.07, 6.45) is 14.8. The second-order valence-corrected chi connectivity index (χ2v) is 8.29. The summed E-state index contributed by atoms with van der Waals surface area (Å²) in [5.74, 6) is 1.69. The van der Waals surface area contributed by atoms with Crippen molar-refractivity contribution < 1.29 is 0 Å². The first-order valence-corrected chi connectivity index (χ1v) is 9.99. The third kappa shape index (κ3) is 4.36. The quantitative estimate of drug-likeness (QED) is 0.455. The maximum absolute atomic E-state index is 4.44. The minimum atomic E-state index is 0.506. The summed E-state index contributed by atoms with van der Waals surface area (Å²) in [5.41, 5.74) is 8.54. The number of rotatable bonds is 7. The highest BCUT2D eigenvalue weighted by molar-refractivity contribution is 5.75. The van der Waals surface area contributed by atoms with Gasteiger partial charge in [-0.15, -0.1) is 0 Å². The Bertz CT molecular complexity index is 795. The zero-order valence-electron chi connectivity index (χ0n) is 16.8. The Morgan fingerprint density at radius 2 is 1.96 bits per heavy atom. The van der Waals surface area contributed by atoms with E-state index in [1.54, 1.807) is 0 Å². The fourth-order valence-electron chi connectivity index (χ4n) is 3.90. The second kappa shape index (κ2) is 8.08. The normalized spacial score (nSPS) is 20.2. The van der Waals surface area contributed by atoms with E-state index in [1.165, 1.54) is 33.4 Å². The molecule has 0 N–H and O–H groups in total. The predicted molar refractivity (Wildman–Crippen MR) is 115 cm³/mol. The van der Waals surface area contributed by atoms with E-state index in [4.69, 9.17) is 0 Å². The molecule has 0 bridgehead atoms. The topological polar surface area (TPSA) is 0 Å². The molecule has 0 saturated heterocycles. The maximum Gasteiger partial charge on any atom is -0.00610 e. The summed E-state index contributed by atoms with van der Waals surface area (Å²) >= 11 is 0. The van der Waals surface area contributed by atoms with Crippen molar-refractivity contribution in [3.63, 3.8) is 0 Å². The molecule has 2 atom stereocenters. The van der Waals surface area contributed by atoms with E-state index in [1.807, 2.05) is 0 Å². The minimum Gasteiger partial charge on any atom is -0.0992 e. The lowest BCUT2D eigenvalue weighted by Crippen LogP contribution is -2.04. The fraction of sp³-hybridized carbons (Fsp3) is 0.385. The first-order chi connectivity index (χ1) is 12.4. The molecule has 0 nitrogen and oxygen atoms in total. The molecule has 0 fully saturated rings. The SMILES string of the molecule is C=C(Cc1ccccc1C1=CC(C(C)C)=CC1)C(C)CC1=CC(C)C=C1. The van der Waals surface area contributed by atoms with Crippen LogP contribution in [0, 0.1) is 17.8 Å². The van der Waals surface area contributed by atoms with Crippen molar-refractivity contribution in [1.82, 2.24) is 0 Å². The number of benzene rings is 1. The van der Waals surface area contributed by atoms with Gasteiger partial charge in [0.15, 0.2) is 0 Å². The van der Waals surface area contributed by atoms with Crippen LogP contribution in [0.25, 0.3) is 5.57 Å². The van der Waals surface area contributed by atoms with Crippen molar-refractivity contribution in [2.45, 2.75) is 47.0 Å². The van der Waals surface area contributed by atoms with Gasteiger partial charge in [0.25, 0.3) is 0 Å². The summed E-state index contributed by atoms with van der Waals surface area (Å²) in [5, 5.41) is 0. The van der Waals surface area contributed by atoms with E-state index in [9.17, 15) is 0 Å². The highest BCUT2D eigenvalue weighted by Gasteiger charge is 2.16. The van der Waals surface area contributed by atoms with Crippen LogP contribution in [0.4, 0.5) is 0 Å². The largest absolute Gasteiger partial charge is 0.0992 e. The Balaban J connectivity index is 1.71. The van der Waals surface area contributed by atoms with Gasteiger partial charge in [-0.2, -0.15) is 0 Å². The van der Waals surface area contributed by atoms with Crippen LogP contribution < -0.4 is 0 Å². The van der Waals surface area contributed by atoms with Crippen molar-refractivity contribution in [2.24, 2.45) is 17.8 Å². The van der Waals surface area contributed by atoms with Crippen molar-refractivity contribution in [2.75, 3.05) is 0 Å². The Kier molecular flexibility index (Phi) is 5.81. The molecule has 3 rings (SSSR count). The van der Waals surface area contributed by atoms with E-state index in [2.05, 4.69) is 88.9 Å². The van der Waals surface area contributed by atoms with Gasteiger partial charge in [-0.25, -0.2) is 0 Å².